The smallest absolute Gasteiger partial charge is 0.0714 e. The zero-order valence-corrected chi connectivity index (χ0v) is 37.4. The molecule has 0 bridgehead atoms. The lowest BCUT2D eigenvalue weighted by atomic mass is 9.68. The Kier molecular flexibility index (Phi) is 9.47. The molecule has 0 radical (unpaired) electrons. The summed E-state index contributed by atoms with van der Waals surface area (Å²) in [5.41, 5.74) is 17.7. The van der Waals surface area contributed by atoms with Crippen molar-refractivity contribution in [2.24, 2.45) is 0 Å². The number of hydrogen-bond donors (Lipinski definition) is 0. The van der Waals surface area contributed by atoms with Crippen LogP contribution in [0, 0.1) is 0 Å². The van der Waals surface area contributed by atoms with E-state index in [2.05, 4.69) is 278 Å². The average molecular weight is 864 g/mol. The van der Waals surface area contributed by atoms with Gasteiger partial charge in [0, 0.05) is 16.6 Å². The molecule has 13 rings (SSSR count). The van der Waals surface area contributed by atoms with Gasteiger partial charge in [-0.1, -0.05) is 243 Å². The molecule has 1 nitrogen and oxygen atoms in total. The molecule has 0 amide bonds. The van der Waals surface area contributed by atoms with Gasteiger partial charge in [0.2, 0.25) is 0 Å². The van der Waals surface area contributed by atoms with Crippen LogP contribution in [-0.4, -0.2) is 0 Å². The molecule has 12 aromatic carbocycles. The van der Waals surface area contributed by atoms with Crippen molar-refractivity contribution >= 4 is 49.4 Å². The summed E-state index contributed by atoms with van der Waals surface area (Å²) in [6.45, 7) is 0. The maximum Gasteiger partial charge on any atom is 0.0714 e. The van der Waals surface area contributed by atoms with Gasteiger partial charge in [-0.25, -0.2) is 0 Å². The van der Waals surface area contributed by atoms with E-state index < -0.39 is 5.41 Å². The van der Waals surface area contributed by atoms with Gasteiger partial charge in [0.25, 0.3) is 0 Å². The third-order valence-electron chi connectivity index (χ3n) is 14.3. The summed E-state index contributed by atoms with van der Waals surface area (Å²) in [6, 6.07) is 101. The SMILES string of the molecule is c1ccc(-c2c(-c3ccccc3)c3cc(-c4ccc(N(c5cccc6c5-c5ccccc5C6(c5ccccc5)c5ccccc5)c5cccc6ccccc56)cc4)ccc3c3ccccc23)cc1. The first-order valence-electron chi connectivity index (χ1n) is 23.6. The van der Waals surface area contributed by atoms with Crippen molar-refractivity contribution in [2.45, 2.75) is 5.41 Å². The van der Waals surface area contributed by atoms with Gasteiger partial charge in [-0.3, -0.25) is 0 Å². The van der Waals surface area contributed by atoms with Gasteiger partial charge in [0.1, 0.15) is 0 Å². The molecule has 68 heavy (non-hydrogen) atoms. The molecule has 0 N–H and O–H groups in total. The predicted octanol–water partition coefficient (Wildman–Crippen LogP) is 18.0. The van der Waals surface area contributed by atoms with Gasteiger partial charge >= 0.3 is 0 Å². The molecular weight excluding hydrogens is 819 g/mol. The van der Waals surface area contributed by atoms with Crippen molar-refractivity contribution in [2.75, 3.05) is 4.90 Å². The number of fused-ring (bicyclic) bond motifs is 7. The van der Waals surface area contributed by atoms with Crippen LogP contribution in [0.2, 0.25) is 0 Å². The first-order chi connectivity index (χ1) is 33.8. The fraction of sp³-hybridized carbons (Fsp3) is 0.0149. The Morgan fingerprint density at radius 3 is 1.44 bits per heavy atom. The summed E-state index contributed by atoms with van der Waals surface area (Å²) < 4.78 is 0. The Morgan fingerprint density at radius 1 is 0.265 bits per heavy atom. The Hall–Kier alpha value is -8.78. The lowest BCUT2D eigenvalue weighted by molar-refractivity contribution is 0.768. The molecule has 0 saturated heterocycles. The van der Waals surface area contributed by atoms with Gasteiger partial charge in [-0.2, -0.15) is 0 Å². The van der Waals surface area contributed by atoms with E-state index in [9.17, 15) is 0 Å². The molecule has 0 saturated carbocycles. The minimum atomic E-state index is -0.515. The summed E-state index contributed by atoms with van der Waals surface area (Å²) in [6.07, 6.45) is 0. The van der Waals surface area contributed by atoms with Gasteiger partial charge in [0.05, 0.1) is 16.8 Å². The van der Waals surface area contributed by atoms with Crippen molar-refractivity contribution in [3.8, 4) is 44.5 Å². The molecule has 0 spiro atoms. The molecule has 1 aliphatic carbocycles. The minimum absolute atomic E-state index is 0.515. The van der Waals surface area contributed by atoms with Crippen molar-refractivity contribution in [3.05, 3.63) is 295 Å². The van der Waals surface area contributed by atoms with Gasteiger partial charge in [-0.05, 0) is 118 Å². The van der Waals surface area contributed by atoms with E-state index in [0.29, 0.717) is 0 Å². The van der Waals surface area contributed by atoms with Crippen molar-refractivity contribution in [3.63, 3.8) is 0 Å². The molecule has 1 heteroatoms. The molecule has 0 aromatic heterocycles. The van der Waals surface area contributed by atoms with Crippen LogP contribution in [0.25, 0.3) is 76.8 Å². The van der Waals surface area contributed by atoms with Crippen molar-refractivity contribution in [1.29, 1.82) is 0 Å². The van der Waals surface area contributed by atoms with Crippen LogP contribution in [0.3, 0.4) is 0 Å². The average Bonchev–Trinajstić information content (AvgIpc) is 3.73. The number of nitrogens with zero attached hydrogens (tertiary/aromatic N) is 1. The predicted molar refractivity (Wildman–Crippen MR) is 287 cm³/mol. The van der Waals surface area contributed by atoms with E-state index in [4.69, 9.17) is 0 Å². The monoisotopic (exact) mass is 863 g/mol. The fourth-order valence-electron chi connectivity index (χ4n) is 11.5. The fourth-order valence-corrected chi connectivity index (χ4v) is 11.5. The minimum Gasteiger partial charge on any atom is -0.309 e. The number of anilines is 3. The van der Waals surface area contributed by atoms with Crippen LogP contribution in [0.15, 0.2) is 273 Å². The summed E-state index contributed by atoms with van der Waals surface area (Å²) in [4.78, 5) is 2.50. The third kappa shape index (κ3) is 6.17. The highest BCUT2D eigenvalue weighted by molar-refractivity contribution is 6.22. The van der Waals surface area contributed by atoms with Crippen molar-refractivity contribution < 1.29 is 0 Å². The van der Waals surface area contributed by atoms with E-state index in [-0.39, 0.29) is 0 Å². The summed E-state index contributed by atoms with van der Waals surface area (Å²) in [7, 11) is 0. The maximum atomic E-state index is 2.50. The number of hydrogen-bond acceptors (Lipinski definition) is 1. The van der Waals surface area contributed by atoms with E-state index in [1.807, 2.05) is 0 Å². The molecular formula is C67H45N. The molecule has 0 unspecified atom stereocenters. The summed E-state index contributed by atoms with van der Waals surface area (Å²) in [5, 5.41) is 7.41. The topological polar surface area (TPSA) is 3.24 Å². The number of rotatable bonds is 8. The molecule has 1 aliphatic rings. The van der Waals surface area contributed by atoms with Crippen LogP contribution < -0.4 is 4.90 Å². The highest BCUT2D eigenvalue weighted by Crippen LogP contribution is 2.60. The van der Waals surface area contributed by atoms with Crippen LogP contribution in [0.4, 0.5) is 17.1 Å². The highest BCUT2D eigenvalue weighted by atomic mass is 15.1. The second kappa shape index (κ2) is 16.3. The first kappa shape index (κ1) is 39.6. The quantitative estimate of drug-likeness (QED) is 0.138. The lowest BCUT2D eigenvalue weighted by Gasteiger charge is -2.34. The Morgan fingerprint density at radius 2 is 0.750 bits per heavy atom. The van der Waals surface area contributed by atoms with E-state index in [1.54, 1.807) is 0 Å². The molecule has 318 valence electrons. The molecule has 0 fully saturated rings. The normalized spacial score (nSPS) is 12.5. The Bertz CT molecular complexity index is 3780. The van der Waals surface area contributed by atoms with Crippen LogP contribution in [0.5, 0.6) is 0 Å². The zero-order chi connectivity index (χ0) is 45.0. The lowest BCUT2D eigenvalue weighted by Crippen LogP contribution is -2.28. The second-order valence-corrected chi connectivity index (χ2v) is 17.9. The number of benzene rings is 12. The summed E-state index contributed by atoms with van der Waals surface area (Å²) in [5.74, 6) is 0. The molecule has 0 heterocycles. The van der Waals surface area contributed by atoms with Crippen LogP contribution in [0.1, 0.15) is 22.3 Å². The Balaban J connectivity index is 1.03. The van der Waals surface area contributed by atoms with Crippen LogP contribution >= 0.6 is 0 Å². The van der Waals surface area contributed by atoms with Gasteiger partial charge in [0.15, 0.2) is 0 Å². The third-order valence-corrected chi connectivity index (χ3v) is 14.3. The largest absolute Gasteiger partial charge is 0.309 e. The zero-order valence-electron chi connectivity index (χ0n) is 37.4. The molecule has 0 aliphatic heterocycles. The first-order valence-corrected chi connectivity index (χ1v) is 23.6. The Labute approximate surface area is 397 Å². The summed E-state index contributed by atoms with van der Waals surface area (Å²) >= 11 is 0. The van der Waals surface area contributed by atoms with Gasteiger partial charge < -0.3 is 4.90 Å². The van der Waals surface area contributed by atoms with E-state index in [0.717, 1.165) is 22.6 Å². The van der Waals surface area contributed by atoms with E-state index in [1.165, 1.54) is 93.5 Å². The molecule has 0 atom stereocenters. The van der Waals surface area contributed by atoms with Crippen LogP contribution in [-0.2, 0) is 5.41 Å². The molecule has 12 aromatic rings. The highest BCUT2D eigenvalue weighted by Gasteiger charge is 2.47. The standard InChI is InChI=1S/C67H45N/c1-5-22-48(23-6-1)64-57-33-16-15-32-55(57)56-44-41-50(45-59(56)65(64)49-24-7-2-8-25-49)46-39-42-53(43-40-46)68(62-37-19-26-47-21-13-14-31-54(47)62)63-38-20-36-61-66(63)58-34-17-18-35-60(58)67(61,51-27-9-3-10-28-51)52-29-11-4-12-30-52/h1-45H. The maximum absolute atomic E-state index is 2.50. The van der Waals surface area contributed by atoms with Crippen molar-refractivity contribution in [1.82, 2.24) is 0 Å². The second-order valence-electron chi connectivity index (χ2n) is 17.9. The van der Waals surface area contributed by atoms with E-state index >= 15 is 0 Å². The van der Waals surface area contributed by atoms with Gasteiger partial charge in [-0.15, -0.1) is 0 Å².